The Kier molecular flexibility index (Phi) is 5.00. The van der Waals surface area contributed by atoms with E-state index in [1.54, 1.807) is 6.92 Å². The monoisotopic (exact) mass is 360 g/mol. The van der Waals surface area contributed by atoms with Crippen molar-refractivity contribution in [3.8, 4) is 0 Å². The van der Waals surface area contributed by atoms with Gasteiger partial charge in [0.05, 0.1) is 6.04 Å². The molecule has 2 amide bonds. The Hall–Kier alpha value is -2.04. The van der Waals surface area contributed by atoms with Crippen molar-refractivity contribution in [2.24, 2.45) is 0 Å². The Labute approximate surface area is 157 Å². The predicted molar refractivity (Wildman–Crippen MR) is 103 cm³/mol. The van der Waals surface area contributed by atoms with E-state index in [9.17, 15) is 9.59 Å². The number of nitrogens with one attached hydrogen (secondary N) is 1. The van der Waals surface area contributed by atoms with Gasteiger partial charge in [-0.1, -0.05) is 24.3 Å². The van der Waals surface area contributed by atoms with Crippen LogP contribution in [0.25, 0.3) is 0 Å². The molecule has 26 heavy (non-hydrogen) atoms. The molecule has 1 fully saturated rings. The van der Waals surface area contributed by atoms with Crippen LogP contribution >= 0.6 is 0 Å². The zero-order chi connectivity index (χ0) is 18.9. The molecule has 144 valence electrons. The van der Waals surface area contributed by atoms with Crippen LogP contribution in [0.3, 0.4) is 0 Å². The van der Waals surface area contributed by atoms with E-state index in [4.69, 9.17) is 4.74 Å². The summed E-state index contributed by atoms with van der Waals surface area (Å²) in [5.74, 6) is 0.0144. The van der Waals surface area contributed by atoms with Gasteiger partial charge in [-0.25, -0.2) is 4.79 Å². The molecule has 0 bridgehead atoms. The van der Waals surface area contributed by atoms with Gasteiger partial charge in [0, 0.05) is 21.4 Å². The van der Waals surface area contributed by atoms with Crippen LogP contribution in [0.4, 0.5) is 4.79 Å². The van der Waals surface area contributed by atoms with E-state index in [1.807, 2.05) is 31.7 Å². The molecule has 0 radical (unpaired) electrons. The molecule has 1 heterocycles. The Bertz CT molecular complexity index is 691. The van der Waals surface area contributed by atoms with Gasteiger partial charge < -0.3 is 15.0 Å². The summed E-state index contributed by atoms with van der Waals surface area (Å²) in [7, 11) is 0. The summed E-state index contributed by atoms with van der Waals surface area (Å²) in [5.41, 5.74) is 2.22. The number of fused-ring (bicyclic) bond motifs is 2. The molecular formula is C21H32N2O3. The van der Waals surface area contributed by atoms with Crippen molar-refractivity contribution < 1.29 is 15.8 Å². The fourth-order valence-corrected chi connectivity index (χ4v) is 4.35. The van der Waals surface area contributed by atoms with E-state index in [1.165, 1.54) is 11.1 Å². The molecule has 1 aliphatic heterocycles. The number of hydrogen-bond acceptors (Lipinski definition) is 3. The highest BCUT2D eigenvalue weighted by Crippen LogP contribution is 2.48. The van der Waals surface area contributed by atoms with Gasteiger partial charge in [0.1, 0.15) is 5.60 Å². The highest BCUT2D eigenvalue weighted by molar-refractivity contribution is 5.73. The molecule has 5 nitrogen and oxygen atoms in total. The zero-order valence-corrected chi connectivity index (χ0v) is 16.3. The van der Waals surface area contributed by atoms with E-state index >= 15 is 0 Å². The van der Waals surface area contributed by atoms with Crippen molar-refractivity contribution in [2.45, 2.75) is 70.4 Å². The molecule has 1 aromatic carbocycles. The second-order valence-corrected chi connectivity index (χ2v) is 8.63. The summed E-state index contributed by atoms with van der Waals surface area (Å²) < 4.78 is 5.52. The van der Waals surface area contributed by atoms with Gasteiger partial charge in [-0.3, -0.25) is 4.79 Å². The Balaban J connectivity index is 0.00000261. The molecule has 1 N–H and O–H groups in total. The molecule has 1 atom stereocenters. The molecular weight excluding hydrogens is 328 g/mol. The largest absolute Gasteiger partial charge is 0.444 e. The average Bonchev–Trinajstić information content (AvgIpc) is 2.57. The van der Waals surface area contributed by atoms with Gasteiger partial charge in [-0.2, -0.15) is 0 Å². The van der Waals surface area contributed by atoms with Gasteiger partial charge in [-0.15, -0.1) is 0 Å². The number of benzene rings is 1. The van der Waals surface area contributed by atoms with Crippen LogP contribution in [0.2, 0.25) is 0 Å². The van der Waals surface area contributed by atoms with Gasteiger partial charge >= 0.3 is 6.09 Å². The Morgan fingerprint density at radius 2 is 1.85 bits per heavy atom. The molecule has 2 aliphatic rings. The third kappa shape index (κ3) is 3.87. The number of piperidine rings is 1. The Morgan fingerprint density at radius 3 is 2.46 bits per heavy atom. The van der Waals surface area contributed by atoms with E-state index in [2.05, 4.69) is 23.5 Å². The van der Waals surface area contributed by atoms with Crippen LogP contribution in [0.1, 0.15) is 72.0 Å². The highest BCUT2D eigenvalue weighted by Gasteiger charge is 2.43. The van der Waals surface area contributed by atoms with Gasteiger partial charge in [0.25, 0.3) is 0 Å². The van der Waals surface area contributed by atoms with Gasteiger partial charge in [0.2, 0.25) is 5.91 Å². The molecule has 0 saturated carbocycles. The summed E-state index contributed by atoms with van der Waals surface area (Å²) in [6.07, 6.45) is 3.65. The van der Waals surface area contributed by atoms with Crippen LogP contribution in [-0.2, 0) is 14.9 Å². The summed E-state index contributed by atoms with van der Waals surface area (Å²) in [6, 6.07) is 8.56. The minimum absolute atomic E-state index is 0. The second-order valence-electron chi connectivity index (χ2n) is 8.63. The van der Waals surface area contributed by atoms with Crippen molar-refractivity contribution in [2.75, 3.05) is 13.1 Å². The first-order chi connectivity index (χ1) is 12.2. The minimum atomic E-state index is -0.463. The van der Waals surface area contributed by atoms with Crippen LogP contribution in [0.15, 0.2) is 24.3 Å². The standard InChI is InChI=1S/C21H30N2O3.H2/c1-15(24)22-18-9-10-21(17-8-6-5-7-16(17)18)11-13-23(14-12-21)19(25)26-20(2,3)4;/h5-8,18H,9-14H2,1-4H3,(H,22,24);1H/t18-;/m0./s1. The fraction of sp³-hybridized carbons (Fsp3) is 0.619. The first-order valence-corrected chi connectivity index (χ1v) is 9.55. The third-order valence-electron chi connectivity index (χ3n) is 5.57. The fourth-order valence-electron chi connectivity index (χ4n) is 4.35. The van der Waals surface area contributed by atoms with Crippen molar-refractivity contribution in [1.82, 2.24) is 10.2 Å². The average molecular weight is 360 g/mol. The topological polar surface area (TPSA) is 58.6 Å². The lowest BCUT2D eigenvalue weighted by Gasteiger charge is -2.47. The number of carbonyl (C=O) groups is 2. The molecule has 0 aromatic heterocycles. The maximum absolute atomic E-state index is 12.4. The first-order valence-electron chi connectivity index (χ1n) is 9.55. The lowest BCUT2D eigenvalue weighted by Crippen LogP contribution is -2.49. The predicted octanol–water partition coefficient (Wildman–Crippen LogP) is 4.17. The lowest BCUT2D eigenvalue weighted by molar-refractivity contribution is -0.119. The Morgan fingerprint density at radius 1 is 1.19 bits per heavy atom. The number of likely N-dealkylation sites (tertiary alicyclic amines) is 1. The number of nitrogens with zero attached hydrogens (tertiary/aromatic N) is 1. The number of rotatable bonds is 1. The molecule has 3 rings (SSSR count). The van der Waals surface area contributed by atoms with Crippen LogP contribution in [-0.4, -0.2) is 35.6 Å². The molecule has 1 aliphatic carbocycles. The van der Waals surface area contributed by atoms with Crippen LogP contribution in [0, 0.1) is 0 Å². The quantitative estimate of drug-likeness (QED) is 0.817. The van der Waals surface area contributed by atoms with Crippen molar-refractivity contribution >= 4 is 12.0 Å². The van der Waals surface area contributed by atoms with E-state index < -0.39 is 5.60 Å². The minimum Gasteiger partial charge on any atom is -0.444 e. The summed E-state index contributed by atoms with van der Waals surface area (Å²) in [5, 5.41) is 3.09. The maximum Gasteiger partial charge on any atom is 0.410 e. The molecule has 1 saturated heterocycles. The molecule has 1 spiro atoms. The zero-order valence-electron chi connectivity index (χ0n) is 16.3. The normalized spacial score (nSPS) is 21.8. The molecule has 5 heteroatoms. The van der Waals surface area contributed by atoms with Crippen molar-refractivity contribution in [3.63, 3.8) is 0 Å². The van der Waals surface area contributed by atoms with Gasteiger partial charge in [-0.05, 0) is 63.0 Å². The second kappa shape index (κ2) is 6.93. The number of hydrogen-bond donors (Lipinski definition) is 1. The summed E-state index contributed by atoms with van der Waals surface area (Å²) >= 11 is 0. The van der Waals surface area contributed by atoms with E-state index in [0.717, 1.165) is 25.7 Å². The molecule has 1 aromatic rings. The first kappa shape index (κ1) is 18.7. The number of carbonyl (C=O) groups excluding carboxylic acids is 2. The maximum atomic E-state index is 12.4. The number of amides is 2. The summed E-state index contributed by atoms with van der Waals surface area (Å²) in [6.45, 7) is 8.70. The highest BCUT2D eigenvalue weighted by atomic mass is 16.6. The lowest BCUT2D eigenvalue weighted by atomic mass is 9.63. The van der Waals surface area contributed by atoms with Crippen LogP contribution < -0.4 is 5.32 Å². The van der Waals surface area contributed by atoms with Gasteiger partial charge in [0.15, 0.2) is 0 Å². The van der Waals surface area contributed by atoms with E-state index in [-0.39, 0.29) is 24.9 Å². The smallest absolute Gasteiger partial charge is 0.410 e. The van der Waals surface area contributed by atoms with Crippen molar-refractivity contribution in [3.05, 3.63) is 35.4 Å². The number of ether oxygens (including phenoxy) is 1. The molecule has 0 unspecified atom stereocenters. The van der Waals surface area contributed by atoms with E-state index in [0.29, 0.717) is 13.1 Å². The van der Waals surface area contributed by atoms with Crippen LogP contribution in [0.5, 0.6) is 0 Å². The van der Waals surface area contributed by atoms with Crippen molar-refractivity contribution in [1.29, 1.82) is 0 Å². The third-order valence-corrected chi connectivity index (χ3v) is 5.57. The SMILES string of the molecule is CC(=O)N[C@H]1CCC2(CCN(C(=O)OC(C)(C)C)CC2)c2ccccc21.[HH]. The summed E-state index contributed by atoms with van der Waals surface area (Å²) in [4.78, 5) is 25.7.